The average molecular weight is 243 g/mol. The summed E-state index contributed by atoms with van der Waals surface area (Å²) < 4.78 is 1.00. The molecule has 1 aromatic rings. The number of halogens is 1. The second kappa shape index (κ2) is 4.39. The van der Waals surface area contributed by atoms with Crippen molar-refractivity contribution in [2.45, 2.75) is 6.42 Å². The smallest absolute Gasteiger partial charge is 0.240 e. The number of nitrogens with two attached hydrogens (primary N) is 1. The highest BCUT2D eigenvalue weighted by Crippen LogP contribution is 2.10. The molecule has 3 nitrogen and oxygen atoms in total. The molecule has 0 unspecified atom stereocenters. The van der Waals surface area contributed by atoms with E-state index in [4.69, 9.17) is 5.84 Å². The number of hydrogen-bond acceptors (Lipinski definition) is 2. The normalized spacial score (nSPS) is 9.77. The lowest BCUT2D eigenvalue weighted by Gasteiger charge is -2.09. The van der Waals surface area contributed by atoms with Gasteiger partial charge in [0.2, 0.25) is 5.91 Å². The molecule has 0 aliphatic heterocycles. The molecule has 1 rings (SSSR count). The first-order chi connectivity index (χ1) is 6.09. The highest BCUT2D eigenvalue weighted by atomic mass is 79.9. The Kier molecular flexibility index (Phi) is 3.45. The molecule has 1 amide bonds. The second-order valence-electron chi connectivity index (χ2n) is 2.81. The summed E-state index contributed by atoms with van der Waals surface area (Å²) in [6, 6.07) is 7.59. The van der Waals surface area contributed by atoms with Gasteiger partial charge in [0.05, 0.1) is 6.42 Å². The maximum Gasteiger partial charge on any atom is 0.240 e. The van der Waals surface area contributed by atoms with Gasteiger partial charge in [-0.25, -0.2) is 5.84 Å². The van der Waals surface area contributed by atoms with E-state index in [0.29, 0.717) is 6.42 Å². The molecule has 0 atom stereocenters. The molecular weight excluding hydrogens is 232 g/mol. The van der Waals surface area contributed by atoms with E-state index >= 15 is 0 Å². The number of likely N-dealkylation sites (N-methyl/N-ethyl adjacent to an activating group) is 1. The molecule has 0 saturated carbocycles. The molecule has 1 aromatic carbocycles. The summed E-state index contributed by atoms with van der Waals surface area (Å²) in [6.07, 6.45) is 0.347. The molecule has 0 saturated heterocycles. The van der Waals surface area contributed by atoms with Gasteiger partial charge in [-0.3, -0.25) is 9.80 Å². The Balaban J connectivity index is 2.65. The average Bonchev–Trinajstić information content (AvgIpc) is 2.08. The zero-order valence-corrected chi connectivity index (χ0v) is 8.91. The Bertz CT molecular complexity index is 295. The van der Waals surface area contributed by atoms with Gasteiger partial charge >= 0.3 is 0 Å². The lowest BCUT2D eigenvalue weighted by atomic mass is 10.1. The highest BCUT2D eigenvalue weighted by molar-refractivity contribution is 9.10. The van der Waals surface area contributed by atoms with Crippen LogP contribution in [0.25, 0.3) is 0 Å². The number of amides is 1. The fraction of sp³-hybridized carbons (Fsp3) is 0.222. The SMILES string of the molecule is CN(N)C(=O)Cc1ccc(Br)cc1. The molecule has 0 spiro atoms. The number of hydrazine groups is 1. The number of rotatable bonds is 2. The van der Waals surface area contributed by atoms with E-state index in [1.165, 1.54) is 0 Å². The minimum absolute atomic E-state index is 0.0951. The third-order valence-corrected chi connectivity index (χ3v) is 2.19. The van der Waals surface area contributed by atoms with Crippen molar-refractivity contribution < 1.29 is 4.79 Å². The highest BCUT2D eigenvalue weighted by Gasteiger charge is 2.04. The molecule has 0 aliphatic rings. The fourth-order valence-electron chi connectivity index (χ4n) is 0.902. The molecule has 0 heterocycles. The molecule has 0 aromatic heterocycles. The van der Waals surface area contributed by atoms with E-state index in [9.17, 15) is 4.79 Å². The molecule has 2 N–H and O–H groups in total. The lowest BCUT2D eigenvalue weighted by Crippen LogP contribution is -2.34. The molecule has 0 fully saturated rings. The van der Waals surface area contributed by atoms with Crippen molar-refractivity contribution in [1.29, 1.82) is 0 Å². The zero-order chi connectivity index (χ0) is 9.84. The molecule has 0 radical (unpaired) electrons. The first-order valence-corrected chi connectivity index (χ1v) is 4.64. The first kappa shape index (κ1) is 10.2. The minimum Gasteiger partial charge on any atom is -0.284 e. The largest absolute Gasteiger partial charge is 0.284 e. The van der Waals surface area contributed by atoms with E-state index in [2.05, 4.69) is 15.9 Å². The van der Waals surface area contributed by atoms with Crippen LogP contribution in [0.4, 0.5) is 0 Å². The Hall–Kier alpha value is -0.870. The van der Waals surface area contributed by atoms with Crippen LogP contribution < -0.4 is 5.84 Å². The van der Waals surface area contributed by atoms with Crippen LogP contribution in [0.15, 0.2) is 28.7 Å². The van der Waals surface area contributed by atoms with Crippen LogP contribution in [0.2, 0.25) is 0 Å². The standard InChI is InChI=1S/C9H11BrN2O/c1-12(11)9(13)6-7-2-4-8(10)5-3-7/h2-5H,6,11H2,1H3. The third kappa shape index (κ3) is 3.16. The predicted octanol–water partition coefficient (Wildman–Crippen LogP) is 1.32. The van der Waals surface area contributed by atoms with Crippen LogP contribution in [-0.2, 0) is 11.2 Å². The Morgan fingerprint density at radius 3 is 2.46 bits per heavy atom. The van der Waals surface area contributed by atoms with Crippen LogP contribution >= 0.6 is 15.9 Å². The van der Waals surface area contributed by atoms with Gasteiger partial charge in [0.25, 0.3) is 0 Å². The predicted molar refractivity (Wildman–Crippen MR) is 54.8 cm³/mol. The van der Waals surface area contributed by atoms with Crippen molar-refractivity contribution in [3.63, 3.8) is 0 Å². The minimum atomic E-state index is -0.0951. The first-order valence-electron chi connectivity index (χ1n) is 3.85. The van der Waals surface area contributed by atoms with E-state index in [-0.39, 0.29) is 5.91 Å². The van der Waals surface area contributed by atoms with Crippen LogP contribution in [0, 0.1) is 0 Å². The molecule has 0 aliphatic carbocycles. The van der Waals surface area contributed by atoms with E-state index in [0.717, 1.165) is 15.0 Å². The molecule has 13 heavy (non-hydrogen) atoms. The van der Waals surface area contributed by atoms with Gasteiger partial charge in [0.1, 0.15) is 0 Å². The number of nitrogens with zero attached hydrogens (tertiary/aromatic N) is 1. The molecule has 0 bridgehead atoms. The van der Waals surface area contributed by atoms with Gasteiger partial charge < -0.3 is 0 Å². The second-order valence-corrected chi connectivity index (χ2v) is 3.72. The summed E-state index contributed by atoms with van der Waals surface area (Å²) in [5.74, 6) is 5.19. The monoisotopic (exact) mass is 242 g/mol. The number of hydrogen-bond donors (Lipinski definition) is 1. The molecule has 4 heteroatoms. The number of benzene rings is 1. The summed E-state index contributed by atoms with van der Waals surface area (Å²) in [4.78, 5) is 11.2. The van der Waals surface area contributed by atoms with Crippen LogP contribution in [0.3, 0.4) is 0 Å². The maximum absolute atomic E-state index is 11.2. The van der Waals surface area contributed by atoms with Crippen LogP contribution in [0.5, 0.6) is 0 Å². The Morgan fingerprint density at radius 1 is 1.46 bits per heavy atom. The van der Waals surface area contributed by atoms with Gasteiger partial charge in [0.15, 0.2) is 0 Å². The van der Waals surface area contributed by atoms with Crippen molar-refractivity contribution in [2.75, 3.05) is 7.05 Å². The Labute approximate surface area is 85.6 Å². The summed E-state index contributed by atoms with van der Waals surface area (Å²) in [6.45, 7) is 0. The van der Waals surface area contributed by atoms with Crippen LogP contribution in [-0.4, -0.2) is 18.0 Å². The van der Waals surface area contributed by atoms with Crippen molar-refractivity contribution in [3.05, 3.63) is 34.3 Å². The molecule has 70 valence electrons. The summed E-state index contributed by atoms with van der Waals surface area (Å²) in [7, 11) is 1.54. The van der Waals surface area contributed by atoms with Gasteiger partial charge in [-0.1, -0.05) is 28.1 Å². The van der Waals surface area contributed by atoms with Crippen molar-refractivity contribution in [1.82, 2.24) is 5.01 Å². The Morgan fingerprint density at radius 2 is 2.00 bits per heavy atom. The molecular formula is C9H11BrN2O. The number of carbonyl (C=O) groups is 1. The van der Waals surface area contributed by atoms with Crippen LogP contribution in [0.1, 0.15) is 5.56 Å². The topological polar surface area (TPSA) is 46.3 Å². The van der Waals surface area contributed by atoms with Crippen molar-refractivity contribution in [3.8, 4) is 0 Å². The third-order valence-electron chi connectivity index (χ3n) is 1.66. The van der Waals surface area contributed by atoms with Gasteiger partial charge in [-0.15, -0.1) is 0 Å². The van der Waals surface area contributed by atoms with E-state index in [1.807, 2.05) is 24.3 Å². The zero-order valence-electron chi connectivity index (χ0n) is 7.33. The van der Waals surface area contributed by atoms with Crippen molar-refractivity contribution >= 4 is 21.8 Å². The van der Waals surface area contributed by atoms with Gasteiger partial charge in [0, 0.05) is 11.5 Å². The van der Waals surface area contributed by atoms with E-state index < -0.39 is 0 Å². The summed E-state index contributed by atoms with van der Waals surface area (Å²) >= 11 is 3.32. The fourth-order valence-corrected chi connectivity index (χ4v) is 1.17. The quantitative estimate of drug-likeness (QED) is 0.483. The lowest BCUT2D eigenvalue weighted by molar-refractivity contribution is -0.129. The van der Waals surface area contributed by atoms with Crippen molar-refractivity contribution in [2.24, 2.45) is 5.84 Å². The van der Waals surface area contributed by atoms with Gasteiger partial charge in [-0.05, 0) is 17.7 Å². The van der Waals surface area contributed by atoms with Gasteiger partial charge in [-0.2, -0.15) is 0 Å². The number of carbonyl (C=O) groups excluding carboxylic acids is 1. The van der Waals surface area contributed by atoms with E-state index in [1.54, 1.807) is 7.05 Å². The summed E-state index contributed by atoms with van der Waals surface area (Å²) in [5, 5.41) is 1.10. The maximum atomic E-state index is 11.2. The summed E-state index contributed by atoms with van der Waals surface area (Å²) in [5.41, 5.74) is 0.963.